The van der Waals surface area contributed by atoms with Gasteiger partial charge in [0.1, 0.15) is 5.75 Å². The molecule has 0 unspecified atom stereocenters. The van der Waals surface area contributed by atoms with E-state index in [1.54, 1.807) is 7.11 Å². The molecule has 0 aromatic heterocycles. The van der Waals surface area contributed by atoms with Crippen molar-refractivity contribution < 1.29 is 19.0 Å². The summed E-state index contributed by atoms with van der Waals surface area (Å²) in [5.41, 5.74) is 4.02. The zero-order chi connectivity index (χ0) is 20.8. The fraction of sp³-hybridized carbons (Fsp3) is 0.208. The van der Waals surface area contributed by atoms with Crippen LogP contribution in [0.3, 0.4) is 0 Å². The molecule has 0 saturated carbocycles. The predicted molar refractivity (Wildman–Crippen MR) is 115 cm³/mol. The summed E-state index contributed by atoms with van der Waals surface area (Å²) < 4.78 is 16.0. The lowest BCUT2D eigenvalue weighted by Crippen LogP contribution is -2.24. The van der Waals surface area contributed by atoms with Crippen molar-refractivity contribution in [1.29, 1.82) is 0 Å². The van der Waals surface area contributed by atoms with Gasteiger partial charge in [-0.2, -0.15) is 0 Å². The van der Waals surface area contributed by atoms with Crippen molar-refractivity contribution in [3.8, 4) is 17.2 Å². The quantitative estimate of drug-likeness (QED) is 0.596. The van der Waals surface area contributed by atoms with Crippen LogP contribution in [0.25, 0.3) is 0 Å². The first-order valence-corrected chi connectivity index (χ1v) is 9.81. The van der Waals surface area contributed by atoms with Crippen molar-refractivity contribution >= 4 is 11.6 Å². The van der Waals surface area contributed by atoms with Gasteiger partial charge in [-0.15, -0.1) is 0 Å². The van der Waals surface area contributed by atoms with Crippen LogP contribution in [0.1, 0.15) is 16.7 Å². The first kappa shape index (κ1) is 19.6. The molecule has 3 aromatic carbocycles. The van der Waals surface area contributed by atoms with Gasteiger partial charge >= 0.3 is 0 Å². The van der Waals surface area contributed by atoms with Crippen LogP contribution in [0.15, 0.2) is 66.7 Å². The van der Waals surface area contributed by atoms with Crippen molar-refractivity contribution in [1.82, 2.24) is 5.32 Å². The summed E-state index contributed by atoms with van der Waals surface area (Å²) in [5.74, 6) is 2.30. The normalized spacial score (nSPS) is 11.8. The Bertz CT molecular complexity index is 1020. The molecule has 4 rings (SSSR count). The van der Waals surface area contributed by atoms with Gasteiger partial charge in [0.25, 0.3) is 0 Å². The SMILES string of the molecule is COc1ccccc1CNc1ccc(CC(=O)NCc2ccc3c(c2)OCO3)cc1. The molecule has 0 bridgehead atoms. The Labute approximate surface area is 175 Å². The summed E-state index contributed by atoms with van der Waals surface area (Å²) in [4.78, 5) is 12.3. The van der Waals surface area contributed by atoms with Crippen molar-refractivity contribution in [2.24, 2.45) is 0 Å². The number of fused-ring (bicyclic) bond motifs is 1. The van der Waals surface area contributed by atoms with Crippen LogP contribution in [0, 0.1) is 0 Å². The first-order valence-electron chi connectivity index (χ1n) is 9.81. The van der Waals surface area contributed by atoms with Gasteiger partial charge in [-0.05, 0) is 41.5 Å². The Hall–Kier alpha value is -3.67. The average Bonchev–Trinajstić information content (AvgIpc) is 3.25. The van der Waals surface area contributed by atoms with Crippen molar-refractivity contribution in [2.75, 3.05) is 19.2 Å². The number of rotatable bonds is 8. The van der Waals surface area contributed by atoms with E-state index >= 15 is 0 Å². The van der Waals surface area contributed by atoms with Crippen molar-refractivity contribution in [3.63, 3.8) is 0 Å². The maximum atomic E-state index is 12.3. The lowest BCUT2D eigenvalue weighted by atomic mass is 10.1. The monoisotopic (exact) mass is 404 g/mol. The highest BCUT2D eigenvalue weighted by molar-refractivity contribution is 5.78. The molecule has 30 heavy (non-hydrogen) atoms. The molecule has 0 spiro atoms. The summed E-state index contributed by atoms with van der Waals surface area (Å²) in [6.45, 7) is 1.36. The van der Waals surface area contributed by atoms with E-state index in [0.29, 0.717) is 19.5 Å². The van der Waals surface area contributed by atoms with E-state index in [0.717, 1.165) is 39.6 Å². The second-order valence-corrected chi connectivity index (χ2v) is 7.00. The van der Waals surface area contributed by atoms with Crippen LogP contribution in [-0.2, 0) is 24.3 Å². The highest BCUT2D eigenvalue weighted by atomic mass is 16.7. The zero-order valence-corrected chi connectivity index (χ0v) is 16.8. The minimum Gasteiger partial charge on any atom is -0.496 e. The van der Waals surface area contributed by atoms with Crippen molar-refractivity contribution in [2.45, 2.75) is 19.5 Å². The second-order valence-electron chi connectivity index (χ2n) is 7.00. The summed E-state index contributed by atoms with van der Waals surface area (Å²) >= 11 is 0. The number of hydrogen-bond donors (Lipinski definition) is 2. The van der Waals surface area contributed by atoms with Gasteiger partial charge in [-0.1, -0.05) is 36.4 Å². The van der Waals surface area contributed by atoms with Crippen LogP contribution < -0.4 is 24.8 Å². The fourth-order valence-corrected chi connectivity index (χ4v) is 3.29. The molecule has 6 nitrogen and oxygen atoms in total. The maximum Gasteiger partial charge on any atom is 0.231 e. The lowest BCUT2D eigenvalue weighted by Gasteiger charge is -2.11. The number of carbonyl (C=O) groups excluding carboxylic acids is 1. The molecule has 0 aliphatic carbocycles. The lowest BCUT2D eigenvalue weighted by molar-refractivity contribution is -0.120. The number of carbonyl (C=O) groups is 1. The Morgan fingerprint density at radius 2 is 1.70 bits per heavy atom. The van der Waals surface area contributed by atoms with E-state index < -0.39 is 0 Å². The third-order valence-corrected chi connectivity index (χ3v) is 4.92. The Morgan fingerprint density at radius 3 is 2.53 bits per heavy atom. The summed E-state index contributed by atoms with van der Waals surface area (Å²) in [5, 5.41) is 6.33. The third-order valence-electron chi connectivity index (χ3n) is 4.92. The predicted octanol–water partition coefficient (Wildman–Crippen LogP) is 3.89. The largest absolute Gasteiger partial charge is 0.496 e. The van der Waals surface area contributed by atoms with Crippen LogP contribution in [0.5, 0.6) is 17.2 Å². The van der Waals surface area contributed by atoms with E-state index in [9.17, 15) is 4.79 Å². The van der Waals surface area contributed by atoms with Gasteiger partial charge in [0.05, 0.1) is 13.5 Å². The molecule has 154 valence electrons. The Morgan fingerprint density at radius 1 is 0.933 bits per heavy atom. The molecule has 0 radical (unpaired) electrons. The summed E-state index contributed by atoms with van der Waals surface area (Å²) in [7, 11) is 1.67. The van der Waals surface area contributed by atoms with Crippen LogP contribution in [0.4, 0.5) is 5.69 Å². The molecule has 0 atom stereocenters. The van der Waals surface area contributed by atoms with Crippen LogP contribution in [0.2, 0.25) is 0 Å². The number of amides is 1. The van der Waals surface area contributed by atoms with E-state index in [4.69, 9.17) is 14.2 Å². The van der Waals surface area contributed by atoms with Crippen molar-refractivity contribution in [3.05, 3.63) is 83.4 Å². The number of hydrogen-bond acceptors (Lipinski definition) is 5. The number of para-hydroxylation sites is 1. The summed E-state index contributed by atoms with van der Waals surface area (Å²) in [6.07, 6.45) is 0.331. The van der Waals surface area contributed by atoms with Gasteiger partial charge in [0.2, 0.25) is 12.7 Å². The topological polar surface area (TPSA) is 68.8 Å². The van der Waals surface area contributed by atoms with Gasteiger partial charge < -0.3 is 24.8 Å². The summed E-state index contributed by atoms with van der Waals surface area (Å²) in [6, 6.07) is 21.5. The molecule has 1 aliphatic rings. The molecule has 0 fully saturated rings. The smallest absolute Gasteiger partial charge is 0.231 e. The second kappa shape index (κ2) is 9.22. The Balaban J connectivity index is 1.26. The van der Waals surface area contributed by atoms with Crippen LogP contribution >= 0.6 is 0 Å². The minimum absolute atomic E-state index is 0.0256. The number of nitrogens with one attached hydrogen (secondary N) is 2. The van der Waals surface area contributed by atoms with Gasteiger partial charge in [-0.3, -0.25) is 4.79 Å². The molecule has 1 amide bonds. The van der Waals surface area contributed by atoms with E-state index in [-0.39, 0.29) is 12.7 Å². The van der Waals surface area contributed by atoms with Gasteiger partial charge in [0, 0.05) is 24.3 Å². The molecular formula is C24H24N2O4. The average molecular weight is 404 g/mol. The standard InChI is InChI=1S/C24H24N2O4/c1-28-21-5-3-2-4-19(21)15-25-20-9-6-17(7-10-20)13-24(27)26-14-18-8-11-22-23(12-18)30-16-29-22/h2-12,25H,13-16H2,1H3,(H,26,27). The zero-order valence-electron chi connectivity index (χ0n) is 16.8. The highest BCUT2D eigenvalue weighted by Crippen LogP contribution is 2.32. The molecule has 1 aliphatic heterocycles. The van der Waals surface area contributed by atoms with E-state index in [2.05, 4.69) is 10.6 Å². The Kier molecular flexibility index (Phi) is 6.03. The van der Waals surface area contributed by atoms with Gasteiger partial charge in [-0.25, -0.2) is 0 Å². The fourth-order valence-electron chi connectivity index (χ4n) is 3.29. The molecule has 6 heteroatoms. The third kappa shape index (κ3) is 4.84. The first-order chi connectivity index (χ1) is 14.7. The molecular weight excluding hydrogens is 380 g/mol. The van der Waals surface area contributed by atoms with E-state index in [1.807, 2.05) is 66.7 Å². The van der Waals surface area contributed by atoms with Gasteiger partial charge in [0.15, 0.2) is 11.5 Å². The van der Waals surface area contributed by atoms with Crippen LogP contribution in [-0.4, -0.2) is 19.8 Å². The number of ether oxygens (including phenoxy) is 3. The minimum atomic E-state index is -0.0256. The molecule has 1 heterocycles. The number of benzene rings is 3. The number of methoxy groups -OCH3 is 1. The molecule has 3 aromatic rings. The number of anilines is 1. The molecule has 2 N–H and O–H groups in total. The maximum absolute atomic E-state index is 12.3. The highest BCUT2D eigenvalue weighted by Gasteiger charge is 2.13. The van der Waals surface area contributed by atoms with E-state index in [1.165, 1.54) is 0 Å². The molecule has 0 saturated heterocycles.